The third kappa shape index (κ3) is 2.94. The standard InChI is InChI=1S/C16H10BrCl2NOS/c17-15-20-9-14(22-15)16(21,10-1-5-12(18)6-2-10)11-3-7-13(19)8-4-11/h1-9,21H. The Morgan fingerprint density at radius 3 is 1.73 bits per heavy atom. The van der Waals surface area contributed by atoms with Gasteiger partial charge in [-0.1, -0.05) is 47.5 Å². The first-order valence-electron chi connectivity index (χ1n) is 6.36. The third-order valence-electron chi connectivity index (χ3n) is 3.36. The second-order valence-corrected chi connectivity index (χ2v) is 7.88. The highest BCUT2D eigenvalue weighted by Gasteiger charge is 2.35. The van der Waals surface area contributed by atoms with Gasteiger partial charge in [0.25, 0.3) is 0 Å². The lowest BCUT2D eigenvalue weighted by molar-refractivity contribution is 0.129. The topological polar surface area (TPSA) is 33.1 Å². The maximum absolute atomic E-state index is 11.5. The molecule has 0 aliphatic carbocycles. The van der Waals surface area contributed by atoms with Crippen LogP contribution in [0.3, 0.4) is 0 Å². The number of aliphatic hydroxyl groups is 1. The van der Waals surface area contributed by atoms with Crippen molar-refractivity contribution in [3.05, 3.63) is 84.7 Å². The van der Waals surface area contributed by atoms with Gasteiger partial charge in [0, 0.05) is 16.2 Å². The first-order chi connectivity index (χ1) is 10.5. The third-order valence-corrected chi connectivity index (χ3v) is 5.45. The lowest BCUT2D eigenvalue weighted by Gasteiger charge is -2.28. The van der Waals surface area contributed by atoms with Crippen molar-refractivity contribution in [3.63, 3.8) is 0 Å². The summed E-state index contributed by atoms with van der Waals surface area (Å²) in [7, 11) is 0. The number of thiazole rings is 1. The van der Waals surface area contributed by atoms with Gasteiger partial charge in [0.2, 0.25) is 0 Å². The smallest absolute Gasteiger partial charge is 0.159 e. The number of hydrogen-bond donors (Lipinski definition) is 1. The summed E-state index contributed by atoms with van der Waals surface area (Å²) in [4.78, 5) is 4.90. The van der Waals surface area contributed by atoms with E-state index in [-0.39, 0.29) is 0 Å². The van der Waals surface area contributed by atoms with E-state index < -0.39 is 5.60 Å². The molecule has 22 heavy (non-hydrogen) atoms. The minimum atomic E-state index is -1.31. The maximum atomic E-state index is 11.5. The van der Waals surface area contributed by atoms with Crippen molar-refractivity contribution in [1.82, 2.24) is 4.98 Å². The van der Waals surface area contributed by atoms with Crippen LogP contribution < -0.4 is 0 Å². The molecule has 1 aromatic heterocycles. The zero-order valence-electron chi connectivity index (χ0n) is 11.1. The van der Waals surface area contributed by atoms with Crippen LogP contribution in [0.15, 0.2) is 58.6 Å². The Balaban J connectivity index is 2.21. The van der Waals surface area contributed by atoms with E-state index in [0.29, 0.717) is 18.8 Å². The Labute approximate surface area is 150 Å². The summed E-state index contributed by atoms with van der Waals surface area (Å²) in [6.45, 7) is 0. The van der Waals surface area contributed by atoms with Crippen molar-refractivity contribution in [2.24, 2.45) is 0 Å². The Morgan fingerprint density at radius 1 is 0.909 bits per heavy atom. The molecule has 0 atom stereocenters. The molecule has 112 valence electrons. The second kappa shape index (κ2) is 6.30. The predicted molar refractivity (Wildman–Crippen MR) is 94.8 cm³/mol. The molecule has 0 saturated heterocycles. The molecule has 0 aliphatic rings. The van der Waals surface area contributed by atoms with Crippen molar-refractivity contribution >= 4 is 50.5 Å². The van der Waals surface area contributed by atoms with Crippen LogP contribution in [0.5, 0.6) is 0 Å². The Hall–Kier alpha value is -0.910. The highest BCUT2D eigenvalue weighted by molar-refractivity contribution is 9.11. The van der Waals surface area contributed by atoms with Crippen LogP contribution in [0.25, 0.3) is 0 Å². The predicted octanol–water partition coefficient (Wildman–Crippen LogP) is 5.50. The normalized spacial score (nSPS) is 11.6. The molecule has 0 fully saturated rings. The van der Waals surface area contributed by atoms with Gasteiger partial charge in [0.15, 0.2) is 9.52 Å². The van der Waals surface area contributed by atoms with Gasteiger partial charge in [0.1, 0.15) is 0 Å². The average molecular weight is 415 g/mol. The van der Waals surface area contributed by atoms with Crippen molar-refractivity contribution in [3.8, 4) is 0 Å². The fourth-order valence-electron chi connectivity index (χ4n) is 2.25. The summed E-state index contributed by atoms with van der Waals surface area (Å²) in [5, 5.41) is 12.7. The molecule has 0 saturated carbocycles. The molecule has 0 aliphatic heterocycles. The van der Waals surface area contributed by atoms with Crippen LogP contribution >= 0.6 is 50.5 Å². The Bertz CT molecular complexity index is 741. The van der Waals surface area contributed by atoms with Crippen LogP contribution in [0.4, 0.5) is 0 Å². The summed E-state index contributed by atoms with van der Waals surface area (Å²) < 4.78 is 0.712. The largest absolute Gasteiger partial charge is 0.375 e. The number of halogens is 3. The van der Waals surface area contributed by atoms with E-state index in [1.54, 1.807) is 30.5 Å². The Morgan fingerprint density at radius 2 is 1.36 bits per heavy atom. The lowest BCUT2D eigenvalue weighted by Crippen LogP contribution is -2.27. The molecule has 3 aromatic rings. The summed E-state index contributed by atoms with van der Waals surface area (Å²) in [6.07, 6.45) is 1.66. The van der Waals surface area contributed by atoms with E-state index in [1.807, 2.05) is 24.3 Å². The summed E-state index contributed by atoms with van der Waals surface area (Å²) in [5.41, 5.74) is 0.129. The molecular formula is C16H10BrCl2NOS. The monoisotopic (exact) mass is 413 g/mol. The molecule has 3 rings (SSSR count). The summed E-state index contributed by atoms with van der Waals surface area (Å²) in [5.74, 6) is 0. The van der Waals surface area contributed by atoms with Gasteiger partial charge in [-0.25, -0.2) is 4.98 Å². The number of benzene rings is 2. The molecule has 6 heteroatoms. The van der Waals surface area contributed by atoms with Crippen LogP contribution in [0, 0.1) is 0 Å². The minimum absolute atomic E-state index is 0.618. The van der Waals surface area contributed by atoms with Crippen LogP contribution in [0.1, 0.15) is 16.0 Å². The number of hydrogen-bond acceptors (Lipinski definition) is 3. The Kier molecular flexibility index (Phi) is 4.57. The van der Waals surface area contributed by atoms with E-state index in [4.69, 9.17) is 23.2 Å². The first-order valence-corrected chi connectivity index (χ1v) is 8.73. The SMILES string of the molecule is OC(c1ccc(Cl)cc1)(c1ccc(Cl)cc1)c1cnc(Br)s1. The van der Waals surface area contributed by atoms with Gasteiger partial charge in [-0.05, 0) is 51.3 Å². The van der Waals surface area contributed by atoms with Crippen LogP contribution in [0.2, 0.25) is 10.0 Å². The molecular weight excluding hydrogens is 405 g/mol. The quantitative estimate of drug-likeness (QED) is 0.613. The fraction of sp³-hybridized carbons (Fsp3) is 0.0625. The number of aromatic nitrogens is 1. The van der Waals surface area contributed by atoms with Gasteiger partial charge in [-0.15, -0.1) is 11.3 Å². The summed E-state index contributed by atoms with van der Waals surface area (Å²) in [6, 6.07) is 14.3. The molecule has 0 amide bonds. The van der Waals surface area contributed by atoms with E-state index in [9.17, 15) is 5.11 Å². The molecule has 0 radical (unpaired) electrons. The number of rotatable bonds is 3. The first kappa shape index (κ1) is 16.0. The van der Waals surface area contributed by atoms with Crippen molar-refractivity contribution in [1.29, 1.82) is 0 Å². The fourth-order valence-corrected chi connectivity index (χ4v) is 3.91. The van der Waals surface area contributed by atoms with Crippen molar-refractivity contribution < 1.29 is 5.11 Å². The van der Waals surface area contributed by atoms with E-state index in [0.717, 1.165) is 11.1 Å². The van der Waals surface area contributed by atoms with Crippen molar-refractivity contribution in [2.75, 3.05) is 0 Å². The molecule has 0 spiro atoms. The van der Waals surface area contributed by atoms with Crippen LogP contribution in [-0.4, -0.2) is 10.1 Å². The lowest BCUT2D eigenvalue weighted by atomic mass is 9.85. The highest BCUT2D eigenvalue weighted by Crippen LogP contribution is 2.40. The molecule has 0 bridgehead atoms. The molecule has 1 N–H and O–H groups in total. The van der Waals surface area contributed by atoms with Gasteiger partial charge < -0.3 is 5.11 Å². The highest BCUT2D eigenvalue weighted by atomic mass is 79.9. The minimum Gasteiger partial charge on any atom is -0.375 e. The van der Waals surface area contributed by atoms with Gasteiger partial charge in [-0.2, -0.15) is 0 Å². The summed E-state index contributed by atoms with van der Waals surface area (Å²) >= 11 is 16.7. The zero-order valence-corrected chi connectivity index (χ0v) is 15.0. The number of nitrogens with zero attached hydrogens (tertiary/aromatic N) is 1. The average Bonchev–Trinajstić information content (AvgIpc) is 2.95. The van der Waals surface area contributed by atoms with Gasteiger partial charge in [-0.3, -0.25) is 0 Å². The maximum Gasteiger partial charge on any atom is 0.159 e. The molecule has 1 heterocycles. The van der Waals surface area contributed by atoms with E-state index in [1.165, 1.54) is 11.3 Å². The van der Waals surface area contributed by atoms with E-state index in [2.05, 4.69) is 20.9 Å². The zero-order chi connectivity index (χ0) is 15.7. The van der Waals surface area contributed by atoms with Crippen molar-refractivity contribution in [2.45, 2.75) is 5.60 Å². The molecule has 2 nitrogen and oxygen atoms in total. The van der Waals surface area contributed by atoms with Gasteiger partial charge in [0.05, 0.1) is 4.88 Å². The van der Waals surface area contributed by atoms with Gasteiger partial charge >= 0.3 is 0 Å². The second-order valence-electron chi connectivity index (χ2n) is 4.70. The molecule has 2 aromatic carbocycles. The molecule has 0 unspecified atom stereocenters. The van der Waals surface area contributed by atoms with Crippen LogP contribution in [-0.2, 0) is 5.60 Å². The van der Waals surface area contributed by atoms with E-state index >= 15 is 0 Å².